The molecule has 4 atom stereocenters. The van der Waals surface area contributed by atoms with Gasteiger partial charge in [0.25, 0.3) is 11.8 Å². The Bertz CT molecular complexity index is 1470. The minimum Gasteiger partial charge on any atom is -0.510 e. The number of aromatic nitrogens is 1. The van der Waals surface area contributed by atoms with Gasteiger partial charge in [0.05, 0.1) is 17.8 Å². The molecule has 0 fully saturated rings. The van der Waals surface area contributed by atoms with Gasteiger partial charge in [0, 0.05) is 23.2 Å². The van der Waals surface area contributed by atoms with E-state index < -0.39 is 69.7 Å². The molecule has 2 amide bonds. The van der Waals surface area contributed by atoms with Crippen molar-refractivity contribution in [1.29, 1.82) is 0 Å². The zero-order valence-corrected chi connectivity index (χ0v) is 20.3. The number of anilines is 1. The maximum Gasteiger partial charge on any atom is 0.294 e. The quantitative estimate of drug-likeness (QED) is 0.237. The number of primary amides is 1. The highest BCUT2D eigenvalue weighted by Crippen LogP contribution is 2.52. The van der Waals surface area contributed by atoms with Crippen molar-refractivity contribution in [3.8, 4) is 5.75 Å². The number of aromatic hydroxyl groups is 1. The van der Waals surface area contributed by atoms with Crippen molar-refractivity contribution in [2.24, 2.45) is 17.6 Å². The molecule has 38 heavy (non-hydrogen) atoms. The molecule has 0 aliphatic heterocycles. The van der Waals surface area contributed by atoms with Crippen LogP contribution >= 0.6 is 0 Å². The molecular weight excluding hydrogens is 500 g/mol. The number of Topliss-reactive ketones (excluding diaryl/α,β-unsaturated/α-hetero) is 2. The van der Waals surface area contributed by atoms with Gasteiger partial charge in [0.2, 0.25) is 11.5 Å². The van der Waals surface area contributed by atoms with E-state index in [0.717, 1.165) is 0 Å². The van der Waals surface area contributed by atoms with E-state index in [-0.39, 0.29) is 41.0 Å². The van der Waals surface area contributed by atoms with Gasteiger partial charge in [-0.15, -0.1) is 0 Å². The first-order chi connectivity index (χ1) is 17.9. The Morgan fingerprint density at radius 2 is 1.89 bits per heavy atom. The van der Waals surface area contributed by atoms with E-state index in [1.165, 1.54) is 29.3 Å². The Hall–Kier alpha value is -4.49. The van der Waals surface area contributed by atoms with E-state index in [1.807, 2.05) is 0 Å². The zero-order chi connectivity index (χ0) is 27.7. The van der Waals surface area contributed by atoms with Crippen LogP contribution in [-0.2, 0) is 16.0 Å². The first kappa shape index (κ1) is 25.2. The van der Waals surface area contributed by atoms with Crippen LogP contribution in [0.25, 0.3) is 0 Å². The summed E-state index contributed by atoms with van der Waals surface area (Å²) >= 11 is 0. The number of rotatable bonds is 4. The fraction of sp³-hybridized carbons (Fsp3) is 0.320. The van der Waals surface area contributed by atoms with Gasteiger partial charge in [0.15, 0.2) is 11.4 Å². The Balaban J connectivity index is 1.65. The topological polar surface area (TPSA) is 217 Å². The Morgan fingerprint density at radius 3 is 2.50 bits per heavy atom. The number of hydrogen-bond acceptors (Lipinski definition) is 11. The number of amides is 2. The molecule has 1 aromatic heterocycles. The lowest BCUT2D eigenvalue weighted by atomic mass is 9.58. The third-order valence-corrected chi connectivity index (χ3v) is 7.52. The number of ketones is 2. The number of allylic oxidation sites excluding steroid dienone is 1. The number of benzene rings is 1. The van der Waals surface area contributed by atoms with Crippen LogP contribution in [0.15, 0.2) is 51.6 Å². The molecule has 2 aromatic rings. The van der Waals surface area contributed by atoms with Gasteiger partial charge in [-0.05, 0) is 50.6 Å². The predicted molar refractivity (Wildman–Crippen MR) is 128 cm³/mol. The molecule has 0 bridgehead atoms. The Kier molecular flexibility index (Phi) is 5.65. The van der Waals surface area contributed by atoms with Crippen LogP contribution in [-0.4, -0.2) is 79.6 Å². The highest BCUT2D eigenvalue weighted by atomic mass is 16.5. The summed E-state index contributed by atoms with van der Waals surface area (Å²) in [7, 11) is 3.09. The maximum atomic E-state index is 13.7. The van der Waals surface area contributed by atoms with Gasteiger partial charge < -0.3 is 36.0 Å². The van der Waals surface area contributed by atoms with Crippen molar-refractivity contribution in [1.82, 2.24) is 10.1 Å². The van der Waals surface area contributed by atoms with E-state index in [0.29, 0.717) is 0 Å². The second-order valence-electron chi connectivity index (χ2n) is 9.78. The molecule has 7 N–H and O–H groups in total. The molecule has 0 saturated heterocycles. The van der Waals surface area contributed by atoms with Gasteiger partial charge in [-0.3, -0.25) is 24.1 Å². The van der Waals surface area contributed by atoms with Crippen LogP contribution in [0.5, 0.6) is 5.75 Å². The normalized spacial score (nSPS) is 26.7. The average Bonchev–Trinajstić information content (AvgIpc) is 3.38. The summed E-state index contributed by atoms with van der Waals surface area (Å²) < 4.78 is 4.86. The van der Waals surface area contributed by atoms with Crippen molar-refractivity contribution >= 4 is 29.1 Å². The van der Waals surface area contributed by atoms with Crippen molar-refractivity contribution in [3.05, 3.63) is 63.9 Å². The first-order valence-electron chi connectivity index (χ1n) is 11.6. The van der Waals surface area contributed by atoms with Crippen molar-refractivity contribution < 1.29 is 44.1 Å². The number of nitrogens with one attached hydrogen (secondary N) is 1. The minimum atomic E-state index is -2.72. The maximum absolute atomic E-state index is 13.7. The number of fused-ring (bicyclic) bond motifs is 3. The highest BCUT2D eigenvalue weighted by Gasteiger charge is 2.63. The third-order valence-electron chi connectivity index (χ3n) is 7.52. The van der Waals surface area contributed by atoms with Crippen LogP contribution < -0.4 is 11.1 Å². The number of phenolic OH excluding ortho intramolecular Hbond substituents is 1. The SMILES string of the molecule is CN(C)C1C(O)=C(C(N)=O)C(=O)[C@]2(O)C(O)=C3C(=O)c4c(O)ccc(NC(=O)c5ccno5)c4C[C@H]3C[C@@H]12. The molecule has 198 valence electrons. The molecule has 3 aliphatic rings. The van der Waals surface area contributed by atoms with Crippen LogP contribution in [0.4, 0.5) is 5.69 Å². The number of nitrogens with zero attached hydrogens (tertiary/aromatic N) is 2. The number of hydrogen-bond donors (Lipinski definition) is 6. The fourth-order valence-electron chi connectivity index (χ4n) is 5.88. The third kappa shape index (κ3) is 3.35. The van der Waals surface area contributed by atoms with E-state index in [1.54, 1.807) is 14.1 Å². The number of carbonyl (C=O) groups is 4. The molecule has 13 heteroatoms. The standard InChI is InChI=1S/C25H24N4O9/c1-29(2)18-11-8-9-7-10-12(28-24(36)14-5-6-27-38-14)3-4-13(30)16(10)19(31)15(9)21(33)25(11,37)22(34)17(20(18)32)23(26)35/h3-6,9,11,18,30,32-33,37H,7-8H2,1-2H3,(H2,26,35)(H,28,36)/t9-,11-,18?,25+/m0/s1. The van der Waals surface area contributed by atoms with Crippen LogP contribution in [0, 0.1) is 11.8 Å². The largest absolute Gasteiger partial charge is 0.510 e. The fourth-order valence-corrected chi connectivity index (χ4v) is 5.88. The minimum absolute atomic E-state index is 0.0228. The molecular formula is C25H24N4O9. The summed E-state index contributed by atoms with van der Waals surface area (Å²) in [5.41, 5.74) is 1.68. The number of aliphatic hydroxyl groups is 3. The summed E-state index contributed by atoms with van der Waals surface area (Å²) in [6, 6.07) is 2.83. The second-order valence-corrected chi connectivity index (χ2v) is 9.78. The monoisotopic (exact) mass is 524 g/mol. The smallest absolute Gasteiger partial charge is 0.294 e. The lowest BCUT2D eigenvalue weighted by molar-refractivity contribution is -0.148. The second kappa shape index (κ2) is 8.53. The summed E-state index contributed by atoms with van der Waals surface area (Å²) in [5.74, 6) is -8.19. The first-order valence-corrected chi connectivity index (χ1v) is 11.6. The lowest BCUT2D eigenvalue weighted by Gasteiger charge is -2.50. The van der Waals surface area contributed by atoms with Gasteiger partial charge in [-0.25, -0.2) is 0 Å². The number of carbonyl (C=O) groups excluding carboxylic acids is 4. The highest BCUT2D eigenvalue weighted by molar-refractivity contribution is 6.25. The summed E-state index contributed by atoms with van der Waals surface area (Å²) in [5, 5.41) is 50.4. The van der Waals surface area contributed by atoms with E-state index in [9.17, 15) is 39.6 Å². The predicted octanol–water partition coefficient (Wildman–Crippen LogP) is 0.361. The summed E-state index contributed by atoms with van der Waals surface area (Å²) in [6.07, 6.45) is 1.24. The molecule has 0 saturated carbocycles. The number of likely N-dealkylation sites (N-methyl/N-ethyl adjacent to an activating group) is 1. The van der Waals surface area contributed by atoms with Crippen LogP contribution in [0.2, 0.25) is 0 Å². The molecule has 0 radical (unpaired) electrons. The molecule has 1 heterocycles. The lowest BCUT2D eigenvalue weighted by Crippen LogP contribution is -2.63. The van der Waals surface area contributed by atoms with E-state index in [4.69, 9.17) is 10.3 Å². The van der Waals surface area contributed by atoms with Gasteiger partial charge >= 0.3 is 0 Å². The van der Waals surface area contributed by atoms with Crippen LogP contribution in [0.3, 0.4) is 0 Å². The van der Waals surface area contributed by atoms with Crippen molar-refractivity contribution in [2.45, 2.75) is 24.5 Å². The molecule has 3 aliphatic carbocycles. The number of aliphatic hydroxyl groups excluding tert-OH is 2. The molecule has 5 rings (SSSR count). The summed E-state index contributed by atoms with van der Waals surface area (Å²) in [4.78, 5) is 53.0. The zero-order valence-electron chi connectivity index (χ0n) is 20.3. The number of phenols is 1. The molecule has 1 unspecified atom stereocenters. The average molecular weight is 524 g/mol. The van der Waals surface area contributed by atoms with E-state index in [2.05, 4.69) is 10.5 Å². The van der Waals surface area contributed by atoms with Crippen molar-refractivity contribution in [2.75, 3.05) is 19.4 Å². The van der Waals surface area contributed by atoms with Gasteiger partial charge in [0.1, 0.15) is 22.8 Å². The van der Waals surface area contributed by atoms with Gasteiger partial charge in [-0.2, -0.15) is 0 Å². The Morgan fingerprint density at radius 1 is 1.18 bits per heavy atom. The van der Waals surface area contributed by atoms with E-state index >= 15 is 0 Å². The Labute approximate surface area is 214 Å². The van der Waals surface area contributed by atoms with Crippen LogP contribution in [0.1, 0.15) is 32.9 Å². The summed E-state index contributed by atoms with van der Waals surface area (Å²) in [6.45, 7) is 0. The molecule has 1 aromatic carbocycles. The van der Waals surface area contributed by atoms with Gasteiger partial charge in [-0.1, -0.05) is 5.16 Å². The van der Waals surface area contributed by atoms with Crippen molar-refractivity contribution in [3.63, 3.8) is 0 Å². The molecule has 0 spiro atoms. The molecule has 13 nitrogen and oxygen atoms in total. The number of nitrogens with two attached hydrogens (primary N) is 1.